The second-order valence-electron chi connectivity index (χ2n) is 6.30. The lowest BCUT2D eigenvalue weighted by Crippen LogP contribution is -2.44. The highest BCUT2D eigenvalue weighted by Crippen LogP contribution is 2.22. The number of carbonyl (C=O) groups is 1. The molecule has 2 aromatic rings. The first kappa shape index (κ1) is 17.2. The van der Waals surface area contributed by atoms with Gasteiger partial charge in [-0.3, -0.25) is 4.79 Å². The quantitative estimate of drug-likeness (QED) is 0.877. The molecule has 132 valence electrons. The van der Waals surface area contributed by atoms with Crippen LogP contribution in [-0.2, 0) is 4.79 Å². The van der Waals surface area contributed by atoms with Crippen molar-refractivity contribution in [2.24, 2.45) is 0 Å². The van der Waals surface area contributed by atoms with Crippen molar-refractivity contribution in [2.45, 2.75) is 13.3 Å². The van der Waals surface area contributed by atoms with E-state index in [1.54, 1.807) is 6.20 Å². The molecule has 1 aromatic heterocycles. The van der Waals surface area contributed by atoms with Gasteiger partial charge in [0.05, 0.1) is 11.9 Å². The predicted molar refractivity (Wildman–Crippen MR) is 103 cm³/mol. The molecule has 1 aromatic carbocycles. The highest BCUT2D eigenvalue weighted by Gasteiger charge is 2.13. The van der Waals surface area contributed by atoms with E-state index in [4.69, 9.17) is 0 Å². The zero-order valence-corrected chi connectivity index (χ0v) is 14.8. The number of benzene rings is 1. The van der Waals surface area contributed by atoms with Crippen molar-refractivity contribution < 1.29 is 4.79 Å². The summed E-state index contributed by atoms with van der Waals surface area (Å²) < 4.78 is 0. The van der Waals surface area contributed by atoms with Crippen LogP contribution in [0.1, 0.15) is 13.3 Å². The summed E-state index contributed by atoms with van der Waals surface area (Å²) in [5, 5.41) is 6.08. The van der Waals surface area contributed by atoms with Crippen LogP contribution in [0.2, 0.25) is 0 Å². The van der Waals surface area contributed by atoms with Crippen molar-refractivity contribution in [3.8, 4) is 0 Å². The fourth-order valence-corrected chi connectivity index (χ4v) is 2.76. The van der Waals surface area contributed by atoms with Crippen molar-refractivity contribution in [3.05, 3.63) is 42.6 Å². The summed E-state index contributed by atoms with van der Waals surface area (Å²) in [5.74, 6) is 0.740. The van der Waals surface area contributed by atoms with E-state index in [9.17, 15) is 4.79 Å². The third-order valence-electron chi connectivity index (χ3n) is 4.38. The Hall–Kier alpha value is -2.60. The summed E-state index contributed by atoms with van der Waals surface area (Å²) >= 11 is 0. The van der Waals surface area contributed by atoms with Crippen LogP contribution in [0, 0.1) is 0 Å². The van der Waals surface area contributed by atoms with Gasteiger partial charge >= 0.3 is 0 Å². The molecular weight excluding hydrogens is 314 g/mol. The number of aromatic nitrogens is 1. The van der Waals surface area contributed by atoms with Crippen molar-refractivity contribution in [1.82, 2.24) is 9.88 Å². The highest BCUT2D eigenvalue weighted by molar-refractivity contribution is 5.90. The Morgan fingerprint density at radius 3 is 2.32 bits per heavy atom. The first-order valence-electron chi connectivity index (χ1n) is 8.70. The molecule has 1 amide bonds. The Morgan fingerprint density at radius 2 is 1.72 bits per heavy atom. The average molecular weight is 339 g/mol. The van der Waals surface area contributed by atoms with Crippen LogP contribution in [-0.4, -0.2) is 49.0 Å². The Morgan fingerprint density at radius 1 is 1.04 bits per heavy atom. The van der Waals surface area contributed by atoms with Crippen LogP contribution >= 0.6 is 0 Å². The SMILES string of the molecule is CCC(=O)Nc1ccc(Nc2ccc(N3CCN(C)CC3)cc2)nc1. The predicted octanol–water partition coefficient (Wildman–Crippen LogP) is 2.93. The minimum absolute atomic E-state index is 0.0120. The lowest BCUT2D eigenvalue weighted by Gasteiger charge is -2.34. The van der Waals surface area contributed by atoms with Gasteiger partial charge in [0.25, 0.3) is 0 Å². The van der Waals surface area contributed by atoms with Gasteiger partial charge in [0.2, 0.25) is 5.91 Å². The van der Waals surface area contributed by atoms with E-state index in [0.29, 0.717) is 12.1 Å². The molecule has 1 fully saturated rings. The van der Waals surface area contributed by atoms with E-state index in [0.717, 1.165) is 37.7 Å². The smallest absolute Gasteiger partial charge is 0.224 e. The molecule has 0 atom stereocenters. The van der Waals surface area contributed by atoms with E-state index in [2.05, 4.69) is 56.7 Å². The van der Waals surface area contributed by atoms with Crippen LogP contribution < -0.4 is 15.5 Å². The number of rotatable bonds is 5. The van der Waals surface area contributed by atoms with Gasteiger partial charge in [0.15, 0.2) is 0 Å². The number of amides is 1. The van der Waals surface area contributed by atoms with Gasteiger partial charge in [-0.25, -0.2) is 4.98 Å². The largest absolute Gasteiger partial charge is 0.369 e. The van der Waals surface area contributed by atoms with Crippen molar-refractivity contribution in [3.63, 3.8) is 0 Å². The molecule has 2 heterocycles. The molecule has 2 N–H and O–H groups in total. The van der Waals surface area contributed by atoms with Gasteiger partial charge in [0.1, 0.15) is 5.82 Å². The fourth-order valence-electron chi connectivity index (χ4n) is 2.76. The van der Waals surface area contributed by atoms with E-state index in [1.807, 2.05) is 19.1 Å². The van der Waals surface area contributed by atoms with Crippen molar-refractivity contribution >= 4 is 28.8 Å². The standard InChI is InChI=1S/C19H25N5O/c1-3-19(25)22-16-6-9-18(20-14-16)21-15-4-7-17(8-5-15)24-12-10-23(2)11-13-24/h4-9,14H,3,10-13H2,1-2H3,(H,20,21)(H,22,25). The van der Waals surface area contributed by atoms with Crippen LogP contribution in [0.15, 0.2) is 42.6 Å². The summed E-state index contributed by atoms with van der Waals surface area (Å²) in [6, 6.07) is 12.1. The maximum Gasteiger partial charge on any atom is 0.224 e. The molecule has 0 saturated carbocycles. The average Bonchev–Trinajstić information content (AvgIpc) is 2.64. The molecule has 6 heteroatoms. The first-order valence-corrected chi connectivity index (χ1v) is 8.70. The molecule has 1 aliphatic rings. The molecule has 0 radical (unpaired) electrons. The van der Waals surface area contributed by atoms with Crippen LogP contribution in [0.4, 0.5) is 22.9 Å². The topological polar surface area (TPSA) is 60.5 Å². The number of nitrogens with one attached hydrogen (secondary N) is 2. The maximum absolute atomic E-state index is 11.4. The van der Waals surface area contributed by atoms with Crippen molar-refractivity contribution in [2.75, 3.05) is 48.8 Å². The zero-order valence-electron chi connectivity index (χ0n) is 14.8. The summed E-state index contributed by atoms with van der Waals surface area (Å²) in [5.41, 5.74) is 2.96. The lowest BCUT2D eigenvalue weighted by molar-refractivity contribution is -0.115. The molecular formula is C19H25N5O. The molecule has 0 unspecified atom stereocenters. The molecule has 0 bridgehead atoms. The molecule has 25 heavy (non-hydrogen) atoms. The second-order valence-corrected chi connectivity index (χ2v) is 6.30. The Labute approximate surface area is 148 Å². The van der Waals surface area contributed by atoms with Crippen LogP contribution in [0.5, 0.6) is 0 Å². The third kappa shape index (κ3) is 4.70. The summed E-state index contributed by atoms with van der Waals surface area (Å²) in [6.45, 7) is 6.16. The van der Waals surface area contributed by atoms with Crippen LogP contribution in [0.3, 0.4) is 0 Å². The number of nitrogens with zero attached hydrogens (tertiary/aromatic N) is 3. The number of pyridine rings is 1. The molecule has 0 aliphatic carbocycles. The monoisotopic (exact) mass is 339 g/mol. The van der Waals surface area contributed by atoms with E-state index in [-0.39, 0.29) is 5.91 Å². The van der Waals surface area contributed by atoms with Gasteiger partial charge in [0, 0.05) is 44.0 Å². The van der Waals surface area contributed by atoms with E-state index >= 15 is 0 Å². The number of anilines is 4. The number of piperazine rings is 1. The summed E-state index contributed by atoms with van der Waals surface area (Å²) in [7, 11) is 2.16. The van der Waals surface area contributed by atoms with Gasteiger partial charge in [-0.1, -0.05) is 6.92 Å². The maximum atomic E-state index is 11.4. The van der Waals surface area contributed by atoms with E-state index in [1.165, 1.54) is 5.69 Å². The summed E-state index contributed by atoms with van der Waals surface area (Å²) in [4.78, 5) is 20.5. The minimum Gasteiger partial charge on any atom is -0.369 e. The van der Waals surface area contributed by atoms with Gasteiger partial charge in [-0.15, -0.1) is 0 Å². The number of hydrogen-bond acceptors (Lipinski definition) is 5. The number of carbonyl (C=O) groups excluding carboxylic acids is 1. The Bertz CT molecular complexity index is 691. The molecule has 1 saturated heterocycles. The Balaban J connectivity index is 1.58. The molecule has 0 spiro atoms. The highest BCUT2D eigenvalue weighted by atomic mass is 16.1. The Kier molecular flexibility index (Phi) is 5.50. The van der Waals surface area contributed by atoms with Gasteiger partial charge in [-0.2, -0.15) is 0 Å². The first-order chi connectivity index (χ1) is 12.1. The zero-order chi connectivity index (χ0) is 17.6. The minimum atomic E-state index is -0.0120. The van der Waals surface area contributed by atoms with E-state index < -0.39 is 0 Å². The van der Waals surface area contributed by atoms with Crippen molar-refractivity contribution in [1.29, 1.82) is 0 Å². The molecule has 6 nitrogen and oxygen atoms in total. The van der Waals surface area contributed by atoms with Gasteiger partial charge in [-0.05, 0) is 43.4 Å². The number of likely N-dealkylation sites (N-methyl/N-ethyl adjacent to an activating group) is 1. The fraction of sp³-hybridized carbons (Fsp3) is 0.368. The normalized spacial score (nSPS) is 15.0. The number of hydrogen-bond donors (Lipinski definition) is 2. The lowest BCUT2D eigenvalue weighted by atomic mass is 10.2. The third-order valence-corrected chi connectivity index (χ3v) is 4.38. The molecule has 1 aliphatic heterocycles. The molecule has 3 rings (SSSR count). The van der Waals surface area contributed by atoms with Gasteiger partial charge < -0.3 is 20.4 Å². The second kappa shape index (κ2) is 7.98. The van der Waals surface area contributed by atoms with Crippen LogP contribution in [0.25, 0.3) is 0 Å². The summed E-state index contributed by atoms with van der Waals surface area (Å²) in [6.07, 6.45) is 2.12.